The maximum atomic E-state index is 13.9. The quantitative estimate of drug-likeness (QED) is 0.686. The fourth-order valence-electron chi connectivity index (χ4n) is 3.94. The van der Waals surface area contributed by atoms with Crippen LogP contribution in [-0.2, 0) is 9.59 Å². The first-order valence-electron chi connectivity index (χ1n) is 9.99. The molecule has 7 nitrogen and oxygen atoms in total. The molecule has 2 heterocycles. The van der Waals surface area contributed by atoms with Crippen molar-refractivity contribution >= 4 is 23.1 Å². The first-order valence-corrected chi connectivity index (χ1v) is 9.99. The van der Waals surface area contributed by atoms with Crippen molar-refractivity contribution in [2.24, 2.45) is 0 Å². The highest BCUT2D eigenvalue weighted by atomic mass is 19.1. The molecule has 162 valence electrons. The van der Waals surface area contributed by atoms with Gasteiger partial charge in [0.25, 0.3) is 11.8 Å². The molecule has 0 unspecified atom stereocenters. The number of amides is 2. The van der Waals surface area contributed by atoms with Gasteiger partial charge in [-0.3, -0.25) is 9.59 Å². The molecule has 0 bridgehead atoms. The molecule has 0 aromatic heterocycles. The van der Waals surface area contributed by atoms with Gasteiger partial charge >= 0.3 is 0 Å². The molecule has 0 atom stereocenters. The summed E-state index contributed by atoms with van der Waals surface area (Å²) in [6.45, 7) is 2.76. The lowest BCUT2D eigenvalue weighted by molar-refractivity contribution is -0.120. The number of likely N-dealkylation sites (N-methyl/N-ethyl adjacent to an activating group) is 1. The number of hydrogen-bond acceptors (Lipinski definition) is 6. The summed E-state index contributed by atoms with van der Waals surface area (Å²) in [5, 5.41) is 0. The van der Waals surface area contributed by atoms with Crippen molar-refractivity contribution in [2.45, 2.75) is 0 Å². The Kier molecular flexibility index (Phi) is 5.65. The zero-order valence-corrected chi connectivity index (χ0v) is 17.7. The Labute approximate surface area is 180 Å². The van der Waals surface area contributed by atoms with E-state index in [4.69, 9.17) is 9.47 Å². The molecule has 0 N–H and O–H groups in total. The van der Waals surface area contributed by atoms with E-state index in [0.717, 1.165) is 18.0 Å². The molecule has 2 aliphatic rings. The third-order valence-corrected chi connectivity index (χ3v) is 5.62. The third-order valence-electron chi connectivity index (χ3n) is 5.62. The van der Waals surface area contributed by atoms with Gasteiger partial charge < -0.3 is 19.3 Å². The van der Waals surface area contributed by atoms with E-state index < -0.39 is 17.6 Å². The zero-order chi connectivity index (χ0) is 22.1. The molecule has 0 saturated carbocycles. The van der Waals surface area contributed by atoms with Crippen molar-refractivity contribution in [1.29, 1.82) is 0 Å². The highest BCUT2D eigenvalue weighted by Crippen LogP contribution is 2.38. The molecule has 8 heteroatoms. The largest absolute Gasteiger partial charge is 0.493 e. The number of halogens is 1. The van der Waals surface area contributed by atoms with E-state index in [2.05, 4.69) is 4.90 Å². The number of piperazine rings is 1. The summed E-state index contributed by atoms with van der Waals surface area (Å²) in [7, 11) is 5.06. The SMILES string of the molecule is COc1ccc(C2=C(N3CCN(C)CC3)C(=O)N(c3cccc(F)c3)C2=O)cc1OC. The molecule has 0 aliphatic carbocycles. The van der Waals surface area contributed by atoms with Crippen LogP contribution in [-0.4, -0.2) is 69.1 Å². The van der Waals surface area contributed by atoms with Gasteiger partial charge in [-0.15, -0.1) is 0 Å². The fourth-order valence-corrected chi connectivity index (χ4v) is 3.94. The lowest BCUT2D eigenvalue weighted by Crippen LogP contribution is -2.46. The predicted molar refractivity (Wildman–Crippen MR) is 114 cm³/mol. The van der Waals surface area contributed by atoms with Gasteiger partial charge in [0.2, 0.25) is 0 Å². The van der Waals surface area contributed by atoms with E-state index in [1.165, 1.54) is 32.4 Å². The maximum Gasteiger partial charge on any atom is 0.282 e. The summed E-state index contributed by atoms with van der Waals surface area (Å²) in [6, 6.07) is 10.6. The molecule has 31 heavy (non-hydrogen) atoms. The minimum absolute atomic E-state index is 0.206. The van der Waals surface area contributed by atoms with Crippen molar-refractivity contribution < 1.29 is 23.5 Å². The molecular formula is C23H24FN3O4. The van der Waals surface area contributed by atoms with Gasteiger partial charge in [0.1, 0.15) is 11.5 Å². The Morgan fingerprint density at radius 3 is 2.23 bits per heavy atom. The van der Waals surface area contributed by atoms with E-state index in [-0.39, 0.29) is 11.3 Å². The van der Waals surface area contributed by atoms with Crippen molar-refractivity contribution in [3.05, 3.63) is 59.5 Å². The van der Waals surface area contributed by atoms with Gasteiger partial charge in [0.15, 0.2) is 11.5 Å². The zero-order valence-electron chi connectivity index (χ0n) is 17.7. The summed E-state index contributed by atoms with van der Waals surface area (Å²) >= 11 is 0. The molecule has 2 aromatic rings. The van der Waals surface area contributed by atoms with E-state index in [1.54, 1.807) is 24.3 Å². The fraction of sp³-hybridized carbons (Fsp3) is 0.304. The number of carbonyl (C=O) groups excluding carboxylic acids is 2. The average Bonchev–Trinajstić information content (AvgIpc) is 3.03. The van der Waals surface area contributed by atoms with Crippen LogP contribution < -0.4 is 14.4 Å². The first kappa shape index (κ1) is 20.9. The maximum absolute atomic E-state index is 13.9. The van der Waals surface area contributed by atoms with Crippen LogP contribution in [0.2, 0.25) is 0 Å². The number of imide groups is 1. The van der Waals surface area contributed by atoms with Crippen molar-refractivity contribution in [3.8, 4) is 11.5 Å². The number of anilines is 1. The number of carbonyl (C=O) groups is 2. The molecule has 2 aromatic carbocycles. The van der Waals surface area contributed by atoms with E-state index in [1.807, 2.05) is 11.9 Å². The van der Waals surface area contributed by atoms with Crippen molar-refractivity contribution in [3.63, 3.8) is 0 Å². The summed E-state index contributed by atoms with van der Waals surface area (Å²) < 4.78 is 24.6. The molecule has 2 amide bonds. The Morgan fingerprint density at radius 2 is 1.58 bits per heavy atom. The highest BCUT2D eigenvalue weighted by Gasteiger charge is 2.43. The van der Waals surface area contributed by atoms with Gasteiger partial charge in [-0.2, -0.15) is 0 Å². The molecular weight excluding hydrogens is 401 g/mol. The number of rotatable bonds is 5. The molecule has 1 fully saturated rings. The number of benzene rings is 2. The van der Waals surface area contributed by atoms with Crippen LogP contribution in [0.15, 0.2) is 48.2 Å². The predicted octanol–water partition coefficient (Wildman–Crippen LogP) is 2.37. The van der Waals surface area contributed by atoms with Crippen LogP contribution in [0.25, 0.3) is 5.57 Å². The monoisotopic (exact) mass is 425 g/mol. The van der Waals surface area contributed by atoms with E-state index in [0.29, 0.717) is 35.8 Å². The number of nitrogens with zero attached hydrogens (tertiary/aromatic N) is 3. The first-order chi connectivity index (χ1) is 14.9. The third kappa shape index (κ3) is 3.74. The Balaban J connectivity index is 1.84. The van der Waals surface area contributed by atoms with Crippen molar-refractivity contribution in [1.82, 2.24) is 9.80 Å². The van der Waals surface area contributed by atoms with Crippen LogP contribution in [0.5, 0.6) is 11.5 Å². The molecule has 0 radical (unpaired) electrons. The van der Waals surface area contributed by atoms with Crippen LogP contribution in [0.1, 0.15) is 5.56 Å². The van der Waals surface area contributed by atoms with Crippen LogP contribution in [0.4, 0.5) is 10.1 Å². The average molecular weight is 425 g/mol. The minimum atomic E-state index is -0.515. The molecule has 4 rings (SSSR count). The minimum Gasteiger partial charge on any atom is -0.493 e. The van der Waals surface area contributed by atoms with Crippen LogP contribution >= 0.6 is 0 Å². The van der Waals surface area contributed by atoms with Gasteiger partial charge in [0, 0.05) is 26.2 Å². The Morgan fingerprint density at radius 1 is 0.871 bits per heavy atom. The van der Waals surface area contributed by atoms with E-state index >= 15 is 0 Å². The van der Waals surface area contributed by atoms with Gasteiger partial charge in [-0.25, -0.2) is 9.29 Å². The summed E-state index contributed by atoms with van der Waals surface area (Å²) in [5.74, 6) is -0.484. The number of methoxy groups -OCH3 is 2. The second kappa shape index (κ2) is 8.39. The standard InChI is InChI=1S/C23H24FN3O4/c1-25-9-11-26(12-10-25)21-20(15-7-8-18(30-2)19(13-15)31-3)22(28)27(23(21)29)17-6-4-5-16(24)14-17/h4-8,13-14H,9-12H2,1-3H3. The van der Waals surface area contributed by atoms with Gasteiger partial charge in [-0.1, -0.05) is 12.1 Å². The lowest BCUT2D eigenvalue weighted by Gasteiger charge is -2.34. The second-order valence-corrected chi connectivity index (χ2v) is 7.51. The Bertz CT molecular complexity index is 1060. The normalized spacial score (nSPS) is 17.5. The van der Waals surface area contributed by atoms with Gasteiger partial charge in [0.05, 0.1) is 25.5 Å². The van der Waals surface area contributed by atoms with Crippen LogP contribution in [0, 0.1) is 5.82 Å². The summed E-state index contributed by atoms with van der Waals surface area (Å²) in [5.41, 5.74) is 1.36. The summed E-state index contributed by atoms with van der Waals surface area (Å²) in [6.07, 6.45) is 0. The topological polar surface area (TPSA) is 62.3 Å². The van der Waals surface area contributed by atoms with E-state index in [9.17, 15) is 14.0 Å². The second-order valence-electron chi connectivity index (χ2n) is 7.51. The van der Waals surface area contributed by atoms with Gasteiger partial charge in [-0.05, 0) is 42.9 Å². The highest BCUT2D eigenvalue weighted by molar-refractivity contribution is 6.45. The number of ether oxygens (including phenoxy) is 2. The summed E-state index contributed by atoms with van der Waals surface area (Å²) in [4.78, 5) is 32.1. The smallest absolute Gasteiger partial charge is 0.282 e. The molecule has 1 saturated heterocycles. The van der Waals surface area contributed by atoms with Crippen molar-refractivity contribution in [2.75, 3.05) is 52.3 Å². The van der Waals surface area contributed by atoms with Crippen LogP contribution in [0.3, 0.4) is 0 Å². The molecule has 0 spiro atoms. The lowest BCUT2D eigenvalue weighted by atomic mass is 10.0. The number of hydrogen-bond donors (Lipinski definition) is 0. The Hall–Kier alpha value is -3.39. The molecule has 2 aliphatic heterocycles.